The topological polar surface area (TPSA) is 73.9 Å². The Balaban J connectivity index is 1.76. The van der Waals surface area contributed by atoms with Gasteiger partial charge in [-0.2, -0.15) is 0 Å². The normalized spacial score (nSPS) is 20.4. The van der Waals surface area contributed by atoms with Gasteiger partial charge in [0.15, 0.2) is 17.3 Å². The largest absolute Gasteiger partial charge is 0.493 e. The standard InChI is InChI=1S/C30H35NO5/c1-7-18(3)36-30(33)27-19(4)31-23-14-22(20-11-12-25(34-5)26(16-20)35-6)15-24(32)29(23)28(27)21-10-8-9-17(2)13-21/h8-13,16,18,22,28,31H,7,14-15H2,1-6H3/t18-,22-,28+/m0/s1. The van der Waals surface area contributed by atoms with Gasteiger partial charge in [-0.1, -0.05) is 42.8 Å². The number of rotatable bonds is 7. The lowest BCUT2D eigenvalue weighted by Gasteiger charge is -2.37. The van der Waals surface area contributed by atoms with E-state index in [4.69, 9.17) is 14.2 Å². The lowest BCUT2D eigenvalue weighted by atomic mass is 9.71. The molecule has 0 spiro atoms. The number of esters is 1. The third-order valence-electron chi connectivity index (χ3n) is 7.19. The molecule has 1 N–H and O–H groups in total. The van der Waals surface area contributed by atoms with Crippen molar-refractivity contribution in [2.24, 2.45) is 0 Å². The molecule has 190 valence electrons. The average molecular weight is 490 g/mol. The maximum absolute atomic E-state index is 13.8. The summed E-state index contributed by atoms with van der Waals surface area (Å²) in [6, 6.07) is 13.8. The van der Waals surface area contributed by atoms with E-state index >= 15 is 0 Å². The first-order valence-electron chi connectivity index (χ1n) is 12.5. The Morgan fingerprint density at radius 2 is 1.78 bits per heavy atom. The average Bonchev–Trinajstić information content (AvgIpc) is 2.86. The maximum atomic E-state index is 13.8. The summed E-state index contributed by atoms with van der Waals surface area (Å²) in [5.41, 5.74) is 5.80. The van der Waals surface area contributed by atoms with Crippen LogP contribution in [0.3, 0.4) is 0 Å². The molecule has 1 aliphatic heterocycles. The fourth-order valence-corrected chi connectivity index (χ4v) is 5.16. The number of carbonyl (C=O) groups is 2. The van der Waals surface area contributed by atoms with Crippen LogP contribution >= 0.6 is 0 Å². The minimum Gasteiger partial charge on any atom is -0.493 e. The fourth-order valence-electron chi connectivity index (χ4n) is 5.16. The van der Waals surface area contributed by atoms with Crippen molar-refractivity contribution in [3.8, 4) is 11.5 Å². The third kappa shape index (κ3) is 4.90. The Hall–Kier alpha value is -3.54. The Morgan fingerprint density at radius 1 is 1.03 bits per heavy atom. The maximum Gasteiger partial charge on any atom is 0.337 e. The van der Waals surface area contributed by atoms with Gasteiger partial charge >= 0.3 is 5.97 Å². The van der Waals surface area contributed by atoms with Crippen LogP contribution in [0.4, 0.5) is 0 Å². The predicted octanol–water partition coefficient (Wildman–Crippen LogP) is 5.72. The molecule has 0 fully saturated rings. The van der Waals surface area contributed by atoms with E-state index in [9.17, 15) is 9.59 Å². The Morgan fingerprint density at radius 3 is 2.44 bits per heavy atom. The van der Waals surface area contributed by atoms with Crippen molar-refractivity contribution in [1.82, 2.24) is 5.32 Å². The van der Waals surface area contributed by atoms with Gasteiger partial charge in [0.1, 0.15) is 0 Å². The lowest BCUT2D eigenvalue weighted by Crippen LogP contribution is -2.36. The van der Waals surface area contributed by atoms with E-state index in [2.05, 4.69) is 11.4 Å². The smallest absolute Gasteiger partial charge is 0.337 e. The molecule has 0 bridgehead atoms. The number of nitrogens with one attached hydrogen (secondary N) is 1. The summed E-state index contributed by atoms with van der Waals surface area (Å²) in [5.74, 6) is 0.489. The number of aryl methyl sites for hydroxylation is 1. The molecule has 0 saturated carbocycles. The SMILES string of the molecule is CC[C@H](C)OC(=O)C1=C(C)NC2=C(C(=O)C[C@@H](c3ccc(OC)c(OC)c3)C2)[C@@H]1c1cccc(C)c1. The zero-order chi connectivity index (χ0) is 26.0. The molecular weight excluding hydrogens is 454 g/mol. The number of ether oxygens (including phenoxy) is 3. The van der Waals surface area contributed by atoms with Gasteiger partial charge < -0.3 is 19.5 Å². The highest BCUT2D eigenvalue weighted by atomic mass is 16.5. The van der Waals surface area contributed by atoms with Gasteiger partial charge in [0.25, 0.3) is 0 Å². The second-order valence-corrected chi connectivity index (χ2v) is 9.67. The van der Waals surface area contributed by atoms with Crippen molar-refractivity contribution in [3.05, 3.63) is 81.7 Å². The summed E-state index contributed by atoms with van der Waals surface area (Å²) in [4.78, 5) is 27.1. The predicted molar refractivity (Wildman–Crippen MR) is 139 cm³/mol. The molecule has 0 saturated heterocycles. The number of hydrogen-bond acceptors (Lipinski definition) is 6. The Bertz CT molecular complexity index is 1240. The first kappa shape index (κ1) is 25.5. The van der Waals surface area contributed by atoms with Crippen LogP contribution in [-0.2, 0) is 14.3 Å². The molecule has 0 radical (unpaired) electrons. The van der Waals surface area contributed by atoms with Crippen LogP contribution < -0.4 is 14.8 Å². The molecule has 4 rings (SSSR count). The van der Waals surface area contributed by atoms with Crippen molar-refractivity contribution >= 4 is 11.8 Å². The number of ketones is 1. The van der Waals surface area contributed by atoms with E-state index in [1.165, 1.54) is 0 Å². The van der Waals surface area contributed by atoms with Gasteiger partial charge in [-0.25, -0.2) is 4.79 Å². The molecule has 1 aliphatic carbocycles. The number of hydrogen-bond donors (Lipinski definition) is 1. The van der Waals surface area contributed by atoms with Crippen molar-refractivity contribution in [2.45, 2.75) is 64.9 Å². The van der Waals surface area contributed by atoms with Gasteiger partial charge in [0.05, 0.1) is 25.9 Å². The zero-order valence-corrected chi connectivity index (χ0v) is 21.9. The van der Waals surface area contributed by atoms with Gasteiger partial charge in [-0.3, -0.25) is 4.79 Å². The molecule has 3 atom stereocenters. The molecule has 2 aliphatic rings. The van der Waals surface area contributed by atoms with E-state index in [-0.39, 0.29) is 23.8 Å². The summed E-state index contributed by atoms with van der Waals surface area (Å²) < 4.78 is 16.6. The van der Waals surface area contributed by atoms with Crippen molar-refractivity contribution < 1.29 is 23.8 Å². The highest BCUT2D eigenvalue weighted by molar-refractivity contribution is 6.04. The van der Waals surface area contributed by atoms with E-state index < -0.39 is 5.92 Å². The second kappa shape index (κ2) is 10.6. The number of carbonyl (C=O) groups excluding carboxylic acids is 2. The summed E-state index contributed by atoms with van der Waals surface area (Å²) in [7, 11) is 3.21. The van der Waals surface area contributed by atoms with Crippen LogP contribution in [-0.4, -0.2) is 32.1 Å². The molecule has 6 heteroatoms. The van der Waals surface area contributed by atoms with E-state index in [0.29, 0.717) is 35.5 Å². The van der Waals surface area contributed by atoms with Crippen LogP contribution in [0.2, 0.25) is 0 Å². The Kier molecular flexibility index (Phi) is 7.53. The highest BCUT2D eigenvalue weighted by Gasteiger charge is 2.41. The molecule has 1 heterocycles. The third-order valence-corrected chi connectivity index (χ3v) is 7.19. The van der Waals surface area contributed by atoms with Crippen LogP contribution in [0.25, 0.3) is 0 Å². The molecule has 0 amide bonds. The summed E-state index contributed by atoms with van der Waals surface area (Å²) in [6.45, 7) is 7.78. The number of methoxy groups -OCH3 is 2. The quantitative estimate of drug-likeness (QED) is 0.502. The first-order chi connectivity index (χ1) is 17.3. The summed E-state index contributed by atoms with van der Waals surface area (Å²) in [6.07, 6.45) is 1.53. The molecular formula is C30H35NO5. The minimum atomic E-state index is -0.462. The molecule has 0 aromatic heterocycles. The highest BCUT2D eigenvalue weighted by Crippen LogP contribution is 2.46. The Labute approximate surface area is 213 Å². The van der Waals surface area contributed by atoms with E-state index in [0.717, 1.165) is 34.5 Å². The van der Waals surface area contributed by atoms with Crippen molar-refractivity contribution in [1.29, 1.82) is 0 Å². The van der Waals surface area contributed by atoms with Crippen LogP contribution in [0.15, 0.2) is 65.0 Å². The van der Waals surface area contributed by atoms with E-state index in [1.807, 2.05) is 64.1 Å². The minimum absolute atomic E-state index is 0.0110. The van der Waals surface area contributed by atoms with Crippen LogP contribution in [0.1, 0.15) is 68.6 Å². The summed E-state index contributed by atoms with van der Waals surface area (Å²) >= 11 is 0. The monoisotopic (exact) mass is 489 g/mol. The molecule has 36 heavy (non-hydrogen) atoms. The van der Waals surface area contributed by atoms with Gasteiger partial charge in [0.2, 0.25) is 0 Å². The van der Waals surface area contributed by atoms with Gasteiger partial charge in [-0.15, -0.1) is 0 Å². The van der Waals surface area contributed by atoms with Gasteiger partial charge in [-0.05, 0) is 62.8 Å². The number of benzene rings is 2. The van der Waals surface area contributed by atoms with Crippen LogP contribution in [0.5, 0.6) is 11.5 Å². The van der Waals surface area contributed by atoms with Gasteiger partial charge in [0, 0.05) is 29.3 Å². The fraction of sp³-hybridized carbons (Fsp3) is 0.400. The van der Waals surface area contributed by atoms with Crippen LogP contribution in [0, 0.1) is 6.92 Å². The molecule has 2 aromatic carbocycles. The van der Waals surface area contributed by atoms with Crippen molar-refractivity contribution in [2.75, 3.05) is 14.2 Å². The molecule has 6 nitrogen and oxygen atoms in total. The molecule has 2 aromatic rings. The number of allylic oxidation sites excluding steroid dienone is 3. The van der Waals surface area contributed by atoms with E-state index in [1.54, 1.807) is 14.2 Å². The number of dihydropyridines is 1. The number of Topliss-reactive ketones (excluding diaryl/α,β-unsaturated/α-hetero) is 1. The van der Waals surface area contributed by atoms with Crippen molar-refractivity contribution in [3.63, 3.8) is 0 Å². The first-order valence-corrected chi connectivity index (χ1v) is 12.5. The molecule has 0 unspecified atom stereocenters. The zero-order valence-electron chi connectivity index (χ0n) is 21.9. The lowest BCUT2D eigenvalue weighted by molar-refractivity contribution is -0.144. The summed E-state index contributed by atoms with van der Waals surface area (Å²) in [5, 5.41) is 3.42. The second-order valence-electron chi connectivity index (χ2n) is 9.67.